The molecule has 0 radical (unpaired) electrons. The topological polar surface area (TPSA) is 61.0 Å². The molecule has 2 fully saturated rings. The number of rotatable bonds is 2. The van der Waals surface area contributed by atoms with Gasteiger partial charge in [0.2, 0.25) is 0 Å². The van der Waals surface area contributed by atoms with E-state index < -0.39 is 11.7 Å². The first-order valence-corrected chi connectivity index (χ1v) is 10.1. The molecule has 5 rings (SSSR count). The number of nitrogens with one attached hydrogen (secondary N) is 2. The molecule has 1 amide bonds. The van der Waals surface area contributed by atoms with Crippen molar-refractivity contribution in [3.05, 3.63) is 52.3 Å². The summed E-state index contributed by atoms with van der Waals surface area (Å²) in [5, 5.41) is 10.5. The Kier molecular flexibility index (Phi) is 4.42. The zero-order valence-electron chi connectivity index (χ0n) is 15.9. The summed E-state index contributed by atoms with van der Waals surface area (Å²) < 4.78 is 40.2. The van der Waals surface area contributed by atoms with E-state index in [0.717, 1.165) is 24.2 Å². The maximum Gasteiger partial charge on any atom is 0.416 e. The summed E-state index contributed by atoms with van der Waals surface area (Å²) >= 11 is 0. The third kappa shape index (κ3) is 3.23. The Balaban J connectivity index is 1.30. The first-order chi connectivity index (χ1) is 13.9. The average Bonchev–Trinajstić information content (AvgIpc) is 3.39. The molecule has 0 bridgehead atoms. The minimum Gasteiger partial charge on any atom is -0.337 e. The Morgan fingerprint density at radius 3 is 2.59 bits per heavy atom. The Bertz CT molecular complexity index is 924. The van der Waals surface area contributed by atoms with E-state index >= 15 is 0 Å². The van der Waals surface area contributed by atoms with Crippen molar-refractivity contribution in [2.24, 2.45) is 11.8 Å². The molecule has 1 aliphatic carbocycles. The normalized spacial score (nSPS) is 26.4. The number of halogens is 3. The molecule has 2 aliphatic heterocycles. The fourth-order valence-electron chi connectivity index (χ4n) is 5.38. The Morgan fingerprint density at radius 1 is 1.14 bits per heavy atom. The molecule has 3 heterocycles. The maximum atomic E-state index is 13.4. The molecule has 5 nitrogen and oxygen atoms in total. The van der Waals surface area contributed by atoms with Gasteiger partial charge in [-0.05, 0) is 42.2 Å². The highest BCUT2D eigenvalue weighted by atomic mass is 19.4. The van der Waals surface area contributed by atoms with Gasteiger partial charge in [-0.15, -0.1) is 0 Å². The number of hydrogen-bond donors (Lipinski definition) is 2. The molecule has 29 heavy (non-hydrogen) atoms. The molecule has 3 aliphatic rings. The SMILES string of the molecule is O=C(c1n[nH]c2c1CNCC2)N1C[C@H]2C[C@@H](c3ccccc3C(F)(F)F)C[C@H]2C1. The second-order valence-electron chi connectivity index (χ2n) is 8.44. The van der Waals surface area contributed by atoms with E-state index in [0.29, 0.717) is 43.7 Å². The van der Waals surface area contributed by atoms with Gasteiger partial charge in [-0.25, -0.2) is 0 Å². The van der Waals surface area contributed by atoms with Crippen molar-refractivity contribution in [2.75, 3.05) is 19.6 Å². The van der Waals surface area contributed by atoms with Crippen molar-refractivity contribution in [2.45, 2.75) is 37.9 Å². The highest BCUT2D eigenvalue weighted by molar-refractivity contribution is 5.94. The van der Waals surface area contributed by atoms with Crippen LogP contribution in [0.25, 0.3) is 0 Å². The standard InChI is InChI=1S/C21H23F3N4O/c22-21(23,24)17-4-2-1-3-15(17)12-7-13-10-28(11-14(13)8-12)20(29)19-16-9-25-6-5-18(16)26-27-19/h1-4,12-14,25H,5-11H2,(H,26,27)/t12-,13-,14+. The van der Waals surface area contributed by atoms with Crippen molar-refractivity contribution < 1.29 is 18.0 Å². The summed E-state index contributed by atoms with van der Waals surface area (Å²) in [4.78, 5) is 14.9. The Labute approximate surface area is 166 Å². The van der Waals surface area contributed by atoms with Gasteiger partial charge in [0.15, 0.2) is 5.69 Å². The first kappa shape index (κ1) is 18.7. The smallest absolute Gasteiger partial charge is 0.337 e. The van der Waals surface area contributed by atoms with Crippen molar-refractivity contribution in [1.82, 2.24) is 20.4 Å². The van der Waals surface area contributed by atoms with E-state index in [1.807, 2.05) is 4.90 Å². The van der Waals surface area contributed by atoms with Gasteiger partial charge >= 0.3 is 6.18 Å². The number of carbonyl (C=O) groups is 1. The predicted octanol–water partition coefficient (Wildman–Crippen LogP) is 3.34. The van der Waals surface area contributed by atoms with Gasteiger partial charge in [0.1, 0.15) is 0 Å². The number of hydrogen-bond acceptors (Lipinski definition) is 3. The van der Waals surface area contributed by atoms with E-state index in [9.17, 15) is 18.0 Å². The van der Waals surface area contributed by atoms with Crippen LogP contribution in [0.15, 0.2) is 24.3 Å². The molecular weight excluding hydrogens is 381 g/mol. The first-order valence-electron chi connectivity index (χ1n) is 10.1. The summed E-state index contributed by atoms with van der Waals surface area (Å²) in [6, 6.07) is 5.92. The number of alkyl halides is 3. The minimum absolute atomic E-state index is 0.0622. The monoisotopic (exact) mass is 404 g/mol. The Hall–Kier alpha value is -2.35. The van der Waals surface area contributed by atoms with Crippen LogP contribution in [0.2, 0.25) is 0 Å². The van der Waals surface area contributed by atoms with Gasteiger partial charge in [-0.2, -0.15) is 18.3 Å². The summed E-state index contributed by atoms with van der Waals surface area (Å²) in [7, 11) is 0. The zero-order chi connectivity index (χ0) is 20.2. The van der Waals surface area contributed by atoms with Crippen molar-refractivity contribution in [3.8, 4) is 0 Å². The van der Waals surface area contributed by atoms with Crippen LogP contribution in [0, 0.1) is 11.8 Å². The number of H-pyrrole nitrogens is 1. The molecule has 1 aromatic heterocycles. The lowest BCUT2D eigenvalue weighted by atomic mass is 9.91. The van der Waals surface area contributed by atoms with Crippen molar-refractivity contribution in [1.29, 1.82) is 0 Å². The minimum atomic E-state index is -4.33. The molecule has 0 unspecified atom stereocenters. The second-order valence-corrected chi connectivity index (χ2v) is 8.44. The molecular formula is C21H23F3N4O. The van der Waals surface area contributed by atoms with Crippen LogP contribution < -0.4 is 5.32 Å². The molecule has 2 N–H and O–H groups in total. The van der Waals surface area contributed by atoms with E-state index in [-0.39, 0.29) is 23.7 Å². The van der Waals surface area contributed by atoms with Crippen LogP contribution in [0.5, 0.6) is 0 Å². The maximum absolute atomic E-state index is 13.4. The summed E-state index contributed by atoms with van der Waals surface area (Å²) in [5.74, 6) is 0.339. The van der Waals surface area contributed by atoms with E-state index in [4.69, 9.17) is 0 Å². The number of fused-ring (bicyclic) bond motifs is 2. The average molecular weight is 404 g/mol. The van der Waals surface area contributed by atoms with Crippen LogP contribution >= 0.6 is 0 Å². The molecule has 1 aromatic carbocycles. The number of carbonyl (C=O) groups excluding carboxylic acids is 1. The molecule has 2 aromatic rings. The largest absolute Gasteiger partial charge is 0.416 e. The lowest BCUT2D eigenvalue weighted by molar-refractivity contribution is -0.138. The van der Waals surface area contributed by atoms with Crippen LogP contribution in [0.4, 0.5) is 13.2 Å². The van der Waals surface area contributed by atoms with Crippen LogP contribution in [0.1, 0.15) is 51.6 Å². The molecule has 1 saturated carbocycles. The van der Waals surface area contributed by atoms with Crippen LogP contribution in [-0.4, -0.2) is 40.6 Å². The van der Waals surface area contributed by atoms with Crippen LogP contribution in [-0.2, 0) is 19.1 Å². The summed E-state index contributed by atoms with van der Waals surface area (Å²) in [6.07, 6.45) is -2.10. The Morgan fingerprint density at radius 2 is 1.86 bits per heavy atom. The lowest BCUT2D eigenvalue weighted by Crippen LogP contribution is -2.32. The molecule has 1 saturated heterocycles. The lowest BCUT2D eigenvalue weighted by Gasteiger charge is -2.21. The van der Waals surface area contributed by atoms with Gasteiger partial charge in [0.25, 0.3) is 5.91 Å². The van der Waals surface area contributed by atoms with Gasteiger partial charge in [-0.1, -0.05) is 18.2 Å². The van der Waals surface area contributed by atoms with Crippen molar-refractivity contribution >= 4 is 5.91 Å². The predicted molar refractivity (Wildman–Crippen MR) is 100 cm³/mol. The fraction of sp³-hybridized carbons (Fsp3) is 0.524. The number of amides is 1. The van der Waals surface area contributed by atoms with E-state index in [1.54, 1.807) is 12.1 Å². The molecule has 154 valence electrons. The highest BCUT2D eigenvalue weighted by Crippen LogP contribution is 2.49. The van der Waals surface area contributed by atoms with Gasteiger partial charge in [-0.3, -0.25) is 9.89 Å². The molecule has 3 atom stereocenters. The highest BCUT2D eigenvalue weighted by Gasteiger charge is 2.45. The summed E-state index contributed by atoms with van der Waals surface area (Å²) in [5.41, 5.74) is 2.35. The van der Waals surface area contributed by atoms with Gasteiger partial charge < -0.3 is 10.2 Å². The molecule has 0 spiro atoms. The second kappa shape index (κ2) is 6.86. The fourth-order valence-corrected chi connectivity index (χ4v) is 5.38. The van der Waals surface area contributed by atoms with E-state index in [1.165, 1.54) is 12.1 Å². The number of nitrogens with zero attached hydrogens (tertiary/aromatic N) is 2. The summed E-state index contributed by atoms with van der Waals surface area (Å²) in [6.45, 7) is 2.72. The van der Waals surface area contributed by atoms with Gasteiger partial charge in [0, 0.05) is 43.9 Å². The number of benzene rings is 1. The number of aromatic amines is 1. The quantitative estimate of drug-likeness (QED) is 0.807. The molecule has 8 heteroatoms. The third-order valence-corrected chi connectivity index (χ3v) is 6.75. The number of aromatic nitrogens is 2. The third-order valence-electron chi connectivity index (χ3n) is 6.75. The van der Waals surface area contributed by atoms with Crippen LogP contribution in [0.3, 0.4) is 0 Å². The zero-order valence-corrected chi connectivity index (χ0v) is 15.9. The van der Waals surface area contributed by atoms with Gasteiger partial charge in [0.05, 0.1) is 5.56 Å². The van der Waals surface area contributed by atoms with E-state index in [2.05, 4.69) is 15.5 Å². The van der Waals surface area contributed by atoms with Crippen molar-refractivity contribution in [3.63, 3.8) is 0 Å². The number of likely N-dealkylation sites (tertiary alicyclic amines) is 1.